The van der Waals surface area contributed by atoms with Crippen molar-refractivity contribution in [1.82, 2.24) is 0 Å². The van der Waals surface area contributed by atoms with Gasteiger partial charge in [-0.05, 0) is 41.7 Å². The third-order valence-electron chi connectivity index (χ3n) is 7.06. The molecule has 0 aliphatic rings. The molecular formula is C31H50. The molecule has 0 N–H and O–H groups in total. The highest BCUT2D eigenvalue weighted by atomic mass is 14.1. The van der Waals surface area contributed by atoms with Crippen LogP contribution < -0.4 is 0 Å². The van der Waals surface area contributed by atoms with Gasteiger partial charge in [0.2, 0.25) is 0 Å². The van der Waals surface area contributed by atoms with Crippen molar-refractivity contribution in [1.29, 1.82) is 0 Å². The fraction of sp³-hybridized carbons (Fsp3) is 0.677. The van der Waals surface area contributed by atoms with Crippen LogP contribution in [0.15, 0.2) is 36.4 Å². The average molecular weight is 423 g/mol. The molecule has 0 saturated heterocycles. The lowest BCUT2D eigenvalue weighted by molar-refractivity contribution is 0.525. The molecule has 0 radical (unpaired) electrons. The summed E-state index contributed by atoms with van der Waals surface area (Å²) < 4.78 is 0. The quantitative estimate of drug-likeness (QED) is 0.197. The number of hydrogen-bond donors (Lipinski definition) is 0. The van der Waals surface area contributed by atoms with E-state index in [9.17, 15) is 0 Å². The minimum absolute atomic E-state index is 1.24. The molecule has 0 aliphatic carbocycles. The van der Waals surface area contributed by atoms with Gasteiger partial charge in [0.15, 0.2) is 0 Å². The summed E-state index contributed by atoms with van der Waals surface area (Å²) in [6.45, 7) is 4.58. The molecule has 2 rings (SSSR count). The molecule has 0 heterocycles. The van der Waals surface area contributed by atoms with E-state index in [4.69, 9.17) is 0 Å². The predicted molar refractivity (Wildman–Crippen MR) is 141 cm³/mol. The highest BCUT2D eigenvalue weighted by Gasteiger charge is 2.04. The van der Waals surface area contributed by atoms with Gasteiger partial charge in [0, 0.05) is 0 Å². The smallest absolute Gasteiger partial charge is 0.0149 e. The Balaban J connectivity index is 1.37. The Labute approximate surface area is 194 Å². The molecule has 0 nitrogen and oxygen atoms in total. The van der Waals surface area contributed by atoms with Crippen LogP contribution in [0.5, 0.6) is 0 Å². The van der Waals surface area contributed by atoms with Crippen molar-refractivity contribution in [2.45, 2.75) is 136 Å². The largest absolute Gasteiger partial charge is 0.0654 e. The Kier molecular flexibility index (Phi) is 14.5. The van der Waals surface area contributed by atoms with E-state index in [1.54, 1.807) is 5.56 Å². The van der Waals surface area contributed by atoms with Crippen LogP contribution in [0.25, 0.3) is 10.8 Å². The first-order valence-corrected chi connectivity index (χ1v) is 13.8. The Morgan fingerprint density at radius 1 is 0.484 bits per heavy atom. The van der Waals surface area contributed by atoms with Crippen molar-refractivity contribution in [3.8, 4) is 0 Å². The molecule has 2 aromatic rings. The fourth-order valence-corrected chi connectivity index (χ4v) is 4.98. The van der Waals surface area contributed by atoms with Gasteiger partial charge in [-0.3, -0.25) is 0 Å². The summed E-state index contributed by atoms with van der Waals surface area (Å²) in [5, 5.41) is 2.86. The van der Waals surface area contributed by atoms with Crippen molar-refractivity contribution in [2.75, 3.05) is 0 Å². The zero-order chi connectivity index (χ0) is 22.0. The first-order chi connectivity index (χ1) is 15.3. The maximum Gasteiger partial charge on any atom is -0.0149 e. The molecule has 0 bridgehead atoms. The number of unbranched alkanes of at least 4 members (excludes halogenated alkanes) is 17. The summed E-state index contributed by atoms with van der Waals surface area (Å²) in [5.41, 5.74) is 3.04. The van der Waals surface area contributed by atoms with Crippen LogP contribution in [0.1, 0.15) is 134 Å². The number of fused-ring (bicyclic) bond motifs is 1. The molecule has 2 aromatic carbocycles. The molecule has 0 unspecified atom stereocenters. The second kappa shape index (κ2) is 17.3. The van der Waals surface area contributed by atoms with E-state index in [-0.39, 0.29) is 0 Å². The van der Waals surface area contributed by atoms with Crippen molar-refractivity contribution in [3.05, 3.63) is 47.5 Å². The summed E-state index contributed by atoms with van der Waals surface area (Å²) in [6.07, 6.45) is 27.2. The summed E-state index contributed by atoms with van der Waals surface area (Å²) in [4.78, 5) is 0. The van der Waals surface area contributed by atoms with E-state index in [1.807, 2.05) is 0 Å². The molecule has 31 heavy (non-hydrogen) atoms. The van der Waals surface area contributed by atoms with Crippen LogP contribution in [0.2, 0.25) is 0 Å². The highest BCUT2D eigenvalue weighted by Crippen LogP contribution is 2.24. The second-order valence-corrected chi connectivity index (χ2v) is 9.84. The van der Waals surface area contributed by atoms with Gasteiger partial charge < -0.3 is 0 Å². The van der Waals surface area contributed by atoms with E-state index >= 15 is 0 Å². The van der Waals surface area contributed by atoms with Gasteiger partial charge in [0.1, 0.15) is 0 Å². The lowest BCUT2D eigenvalue weighted by Crippen LogP contribution is -1.92. The van der Waals surface area contributed by atoms with Crippen LogP contribution in [-0.2, 0) is 6.42 Å². The van der Waals surface area contributed by atoms with Gasteiger partial charge in [-0.1, -0.05) is 152 Å². The van der Waals surface area contributed by atoms with Crippen LogP contribution >= 0.6 is 0 Å². The molecule has 0 saturated carbocycles. The van der Waals surface area contributed by atoms with Gasteiger partial charge in [0.25, 0.3) is 0 Å². The molecular weight excluding hydrogens is 372 g/mol. The molecule has 0 aliphatic heterocycles. The molecule has 0 aromatic heterocycles. The molecule has 0 heteroatoms. The van der Waals surface area contributed by atoms with Crippen LogP contribution in [0.3, 0.4) is 0 Å². The first-order valence-electron chi connectivity index (χ1n) is 13.8. The Morgan fingerprint density at radius 2 is 0.935 bits per heavy atom. The molecule has 0 fully saturated rings. The second-order valence-electron chi connectivity index (χ2n) is 9.84. The van der Waals surface area contributed by atoms with E-state index in [0.29, 0.717) is 0 Å². The monoisotopic (exact) mass is 422 g/mol. The van der Waals surface area contributed by atoms with Crippen molar-refractivity contribution in [3.63, 3.8) is 0 Å². The van der Waals surface area contributed by atoms with Gasteiger partial charge in [-0.25, -0.2) is 0 Å². The number of rotatable bonds is 19. The summed E-state index contributed by atoms with van der Waals surface area (Å²) in [6, 6.07) is 13.4. The van der Waals surface area contributed by atoms with E-state index in [2.05, 4.69) is 50.2 Å². The van der Waals surface area contributed by atoms with Crippen LogP contribution in [0.4, 0.5) is 0 Å². The molecule has 0 amide bonds. The van der Waals surface area contributed by atoms with Crippen molar-refractivity contribution >= 4 is 10.8 Å². The minimum atomic E-state index is 1.24. The van der Waals surface area contributed by atoms with Crippen molar-refractivity contribution < 1.29 is 0 Å². The van der Waals surface area contributed by atoms with E-state index in [0.717, 1.165) is 0 Å². The van der Waals surface area contributed by atoms with Gasteiger partial charge >= 0.3 is 0 Å². The fourth-order valence-electron chi connectivity index (χ4n) is 4.98. The Bertz CT molecular complexity index is 683. The van der Waals surface area contributed by atoms with Gasteiger partial charge in [0.05, 0.1) is 0 Å². The Hall–Kier alpha value is -1.30. The molecule has 174 valence electrons. The number of hydrogen-bond acceptors (Lipinski definition) is 0. The molecule has 0 spiro atoms. The van der Waals surface area contributed by atoms with Gasteiger partial charge in [-0.2, -0.15) is 0 Å². The number of aryl methyl sites for hydroxylation is 2. The third kappa shape index (κ3) is 11.2. The van der Waals surface area contributed by atoms with E-state index in [1.165, 1.54) is 138 Å². The topological polar surface area (TPSA) is 0 Å². The maximum atomic E-state index is 2.30. The average Bonchev–Trinajstić information content (AvgIpc) is 2.79. The summed E-state index contributed by atoms with van der Waals surface area (Å²) in [5.74, 6) is 0. The van der Waals surface area contributed by atoms with E-state index < -0.39 is 0 Å². The highest BCUT2D eigenvalue weighted by molar-refractivity contribution is 5.86. The zero-order valence-electron chi connectivity index (χ0n) is 20.9. The lowest BCUT2D eigenvalue weighted by Gasteiger charge is -2.10. The van der Waals surface area contributed by atoms with Crippen LogP contribution in [-0.4, -0.2) is 0 Å². The normalized spacial score (nSPS) is 11.4. The summed E-state index contributed by atoms with van der Waals surface area (Å²) in [7, 11) is 0. The Morgan fingerprint density at radius 3 is 1.45 bits per heavy atom. The summed E-state index contributed by atoms with van der Waals surface area (Å²) >= 11 is 0. The lowest BCUT2D eigenvalue weighted by atomic mass is 9.95. The van der Waals surface area contributed by atoms with Crippen molar-refractivity contribution in [2.24, 2.45) is 0 Å². The van der Waals surface area contributed by atoms with Gasteiger partial charge in [-0.15, -0.1) is 0 Å². The number of benzene rings is 2. The maximum absolute atomic E-state index is 2.30. The van der Waals surface area contributed by atoms with Crippen LogP contribution in [0, 0.1) is 6.92 Å². The first kappa shape index (κ1) is 26.0. The molecule has 0 atom stereocenters. The third-order valence-corrected chi connectivity index (χ3v) is 7.06. The SMILES string of the molecule is CCCCCCCCCCCCCCCCCCCCc1c(C)ccc2ccccc12. The zero-order valence-corrected chi connectivity index (χ0v) is 20.9. The minimum Gasteiger partial charge on any atom is -0.0654 e. The standard InChI is InChI=1S/C31H50/c1-3-4-5-6-7-8-9-10-11-12-13-14-15-16-17-18-19-20-24-30-28(2)26-27-29-23-21-22-25-31(29)30/h21-23,25-27H,3-20,24H2,1-2H3. The predicted octanol–water partition coefficient (Wildman–Crippen LogP) is 10.7.